The number of hydrogen-bond acceptors (Lipinski definition) is 4. The van der Waals surface area contributed by atoms with E-state index in [1.165, 1.54) is 41.6 Å². The Labute approximate surface area is 156 Å². The van der Waals surface area contributed by atoms with E-state index in [0.29, 0.717) is 12.5 Å². The number of rotatable bonds is 4. The molecule has 1 saturated heterocycles. The zero-order valence-corrected chi connectivity index (χ0v) is 15.4. The van der Waals surface area contributed by atoms with E-state index in [9.17, 15) is 5.26 Å². The van der Waals surface area contributed by atoms with Gasteiger partial charge >= 0.3 is 0 Å². The number of benzene rings is 2. The van der Waals surface area contributed by atoms with Gasteiger partial charge in [-0.2, -0.15) is 5.26 Å². The maximum atomic E-state index is 9.68. The van der Waals surface area contributed by atoms with Crippen LogP contribution in [-0.4, -0.2) is 36.5 Å². The van der Waals surface area contributed by atoms with Gasteiger partial charge in [-0.05, 0) is 54.6 Å². The van der Waals surface area contributed by atoms with Crippen molar-refractivity contribution in [2.24, 2.45) is 5.92 Å². The van der Waals surface area contributed by atoms with E-state index in [1.807, 2.05) is 11.0 Å². The van der Waals surface area contributed by atoms with Gasteiger partial charge in [-0.1, -0.05) is 48.5 Å². The first-order valence-corrected chi connectivity index (χ1v) is 9.52. The molecule has 2 atom stereocenters. The summed E-state index contributed by atoms with van der Waals surface area (Å²) in [5.74, 6) is 0.663. The summed E-state index contributed by atoms with van der Waals surface area (Å²) < 4.78 is 0. The molecule has 0 saturated carbocycles. The summed E-state index contributed by atoms with van der Waals surface area (Å²) in [4.78, 5) is 4.29. The summed E-state index contributed by atoms with van der Waals surface area (Å²) in [6.07, 6.45) is 4.93. The van der Waals surface area contributed by atoms with Crippen molar-refractivity contribution in [1.82, 2.24) is 15.1 Å². The van der Waals surface area contributed by atoms with Crippen molar-refractivity contribution in [1.29, 1.82) is 5.26 Å². The fourth-order valence-electron chi connectivity index (χ4n) is 4.39. The zero-order chi connectivity index (χ0) is 17.9. The van der Waals surface area contributed by atoms with Gasteiger partial charge in [0.05, 0.1) is 6.54 Å². The van der Waals surface area contributed by atoms with Crippen molar-refractivity contribution in [3.8, 4) is 17.3 Å². The Morgan fingerprint density at radius 1 is 1.15 bits per heavy atom. The van der Waals surface area contributed by atoms with Crippen LogP contribution < -0.4 is 5.32 Å². The first kappa shape index (κ1) is 17.1. The van der Waals surface area contributed by atoms with Crippen LogP contribution >= 0.6 is 0 Å². The van der Waals surface area contributed by atoms with E-state index in [1.54, 1.807) is 0 Å². The smallest absolute Gasteiger partial charge is 0.181 e. The number of piperidine rings is 1. The third-order valence-electron chi connectivity index (χ3n) is 5.68. The Kier molecular flexibility index (Phi) is 4.92. The van der Waals surface area contributed by atoms with E-state index < -0.39 is 0 Å². The normalized spacial score (nSPS) is 22.8. The van der Waals surface area contributed by atoms with Crippen LogP contribution in [0, 0.1) is 17.4 Å². The van der Waals surface area contributed by atoms with E-state index in [-0.39, 0.29) is 6.17 Å². The van der Waals surface area contributed by atoms with Gasteiger partial charge < -0.3 is 4.90 Å². The van der Waals surface area contributed by atoms with Crippen molar-refractivity contribution in [2.75, 3.05) is 26.7 Å². The lowest BCUT2D eigenvalue weighted by atomic mass is 9.96. The van der Waals surface area contributed by atoms with Gasteiger partial charge in [-0.25, -0.2) is 0 Å². The highest BCUT2D eigenvalue weighted by Crippen LogP contribution is 2.37. The molecule has 2 aliphatic heterocycles. The number of nitrogens with one attached hydrogen (secondary N) is 1. The Hall–Kier alpha value is -2.35. The molecule has 4 rings (SSSR count). The number of nitrogens with zero attached hydrogens (tertiary/aromatic N) is 3. The molecule has 0 spiro atoms. The van der Waals surface area contributed by atoms with E-state index in [0.717, 1.165) is 13.1 Å². The Balaban J connectivity index is 1.57. The van der Waals surface area contributed by atoms with Crippen LogP contribution in [0.3, 0.4) is 0 Å². The molecule has 4 heteroatoms. The van der Waals surface area contributed by atoms with E-state index in [4.69, 9.17) is 0 Å². The first-order chi connectivity index (χ1) is 12.8. The Morgan fingerprint density at radius 3 is 2.77 bits per heavy atom. The summed E-state index contributed by atoms with van der Waals surface area (Å²) in [5, 5.41) is 13.4. The van der Waals surface area contributed by atoms with Crippen LogP contribution in [0.25, 0.3) is 11.1 Å². The third kappa shape index (κ3) is 3.33. The average molecular weight is 346 g/mol. The van der Waals surface area contributed by atoms with Crippen molar-refractivity contribution in [2.45, 2.75) is 25.6 Å². The largest absolute Gasteiger partial charge is 0.306 e. The molecule has 2 aromatic carbocycles. The summed E-state index contributed by atoms with van der Waals surface area (Å²) in [7, 11) is 2.20. The van der Waals surface area contributed by atoms with Gasteiger partial charge in [0.1, 0.15) is 6.17 Å². The number of likely N-dealkylation sites (tertiary alicyclic amines) is 1. The molecule has 4 nitrogen and oxygen atoms in total. The SMILES string of the molecule is CN1CCCC(CNC2c3cccc(-c4ccccc4)c3CN2C#N)C1. The van der Waals surface area contributed by atoms with E-state index >= 15 is 0 Å². The maximum Gasteiger partial charge on any atom is 0.181 e. The molecule has 1 fully saturated rings. The lowest BCUT2D eigenvalue weighted by molar-refractivity contribution is 0.186. The maximum absolute atomic E-state index is 9.68. The molecule has 0 bridgehead atoms. The topological polar surface area (TPSA) is 42.3 Å². The first-order valence-electron chi connectivity index (χ1n) is 9.52. The minimum atomic E-state index is -0.00843. The molecule has 0 aromatic heterocycles. The highest BCUT2D eigenvalue weighted by molar-refractivity contribution is 5.69. The summed E-state index contributed by atoms with van der Waals surface area (Å²) >= 11 is 0. The van der Waals surface area contributed by atoms with Gasteiger partial charge in [-0.3, -0.25) is 10.2 Å². The molecule has 2 aromatic rings. The fourth-order valence-corrected chi connectivity index (χ4v) is 4.39. The van der Waals surface area contributed by atoms with Crippen LogP contribution in [0.15, 0.2) is 48.5 Å². The summed E-state index contributed by atoms with van der Waals surface area (Å²) in [5.41, 5.74) is 4.98. The average Bonchev–Trinajstić information content (AvgIpc) is 3.05. The van der Waals surface area contributed by atoms with Crippen molar-refractivity contribution >= 4 is 0 Å². The quantitative estimate of drug-likeness (QED) is 0.859. The predicted molar refractivity (Wildman–Crippen MR) is 104 cm³/mol. The second-order valence-corrected chi connectivity index (χ2v) is 7.55. The zero-order valence-electron chi connectivity index (χ0n) is 15.4. The Bertz CT molecular complexity index is 796. The second kappa shape index (κ2) is 7.49. The number of fused-ring (bicyclic) bond motifs is 1. The minimum absolute atomic E-state index is 0.00843. The van der Waals surface area contributed by atoms with Gasteiger partial charge in [0.2, 0.25) is 0 Å². The fraction of sp³-hybridized carbons (Fsp3) is 0.409. The number of hydrogen-bond donors (Lipinski definition) is 1. The Morgan fingerprint density at radius 2 is 2.00 bits per heavy atom. The third-order valence-corrected chi connectivity index (χ3v) is 5.68. The molecular formula is C22H26N4. The molecule has 2 heterocycles. The molecule has 134 valence electrons. The molecule has 0 radical (unpaired) electrons. The molecule has 1 N–H and O–H groups in total. The van der Waals surface area contributed by atoms with Crippen LogP contribution in [0.2, 0.25) is 0 Å². The predicted octanol–water partition coefficient (Wildman–Crippen LogP) is 3.58. The highest BCUT2D eigenvalue weighted by atomic mass is 15.3. The standard InChI is InChI=1S/C22H26N4/c1-25-12-6-7-17(14-25)13-24-22-20-11-5-10-19(18-8-3-2-4-9-18)21(20)15-26(22)16-23/h2-5,8-11,17,22,24H,6-7,12-15H2,1H3. The van der Waals surface area contributed by atoms with E-state index in [2.05, 4.69) is 65.9 Å². The van der Waals surface area contributed by atoms with Crippen LogP contribution in [0.5, 0.6) is 0 Å². The molecule has 2 aliphatic rings. The summed E-state index contributed by atoms with van der Waals surface area (Å²) in [6.45, 7) is 3.98. The molecule has 2 unspecified atom stereocenters. The van der Waals surface area contributed by atoms with Gasteiger partial charge in [0, 0.05) is 13.1 Å². The van der Waals surface area contributed by atoms with Crippen molar-refractivity contribution < 1.29 is 0 Å². The lowest BCUT2D eigenvalue weighted by Gasteiger charge is -2.31. The second-order valence-electron chi connectivity index (χ2n) is 7.55. The van der Waals surface area contributed by atoms with Gasteiger partial charge in [-0.15, -0.1) is 0 Å². The van der Waals surface area contributed by atoms with Crippen LogP contribution in [0.4, 0.5) is 0 Å². The van der Waals surface area contributed by atoms with Crippen molar-refractivity contribution in [3.63, 3.8) is 0 Å². The minimum Gasteiger partial charge on any atom is -0.306 e. The number of nitriles is 1. The monoisotopic (exact) mass is 346 g/mol. The van der Waals surface area contributed by atoms with Gasteiger partial charge in [0.25, 0.3) is 0 Å². The molecular weight excluding hydrogens is 320 g/mol. The van der Waals surface area contributed by atoms with Gasteiger partial charge in [0.15, 0.2) is 6.19 Å². The lowest BCUT2D eigenvalue weighted by Crippen LogP contribution is -2.40. The highest BCUT2D eigenvalue weighted by Gasteiger charge is 2.32. The molecule has 0 amide bonds. The van der Waals surface area contributed by atoms with Crippen LogP contribution in [-0.2, 0) is 6.54 Å². The van der Waals surface area contributed by atoms with Crippen molar-refractivity contribution in [3.05, 3.63) is 59.7 Å². The van der Waals surface area contributed by atoms with Crippen LogP contribution in [0.1, 0.15) is 30.1 Å². The molecule has 0 aliphatic carbocycles. The summed E-state index contributed by atoms with van der Waals surface area (Å²) in [6, 6.07) is 16.9. The molecule has 26 heavy (non-hydrogen) atoms.